The van der Waals surface area contributed by atoms with Gasteiger partial charge in [-0.2, -0.15) is 0 Å². The fourth-order valence-electron chi connectivity index (χ4n) is 0.515. The van der Waals surface area contributed by atoms with Crippen LogP contribution < -0.4 is 0 Å². The molecule has 0 aromatic rings. The van der Waals surface area contributed by atoms with Crippen molar-refractivity contribution in [1.82, 2.24) is 0 Å². The first kappa shape index (κ1) is 11.2. The van der Waals surface area contributed by atoms with Crippen molar-refractivity contribution in [2.75, 3.05) is 5.75 Å². The number of rotatable bonds is 4. The zero-order valence-corrected chi connectivity index (χ0v) is 8.02. The second-order valence-electron chi connectivity index (χ2n) is 2.25. The van der Waals surface area contributed by atoms with Gasteiger partial charge in [-0.05, 0) is 6.92 Å². The monoisotopic (exact) mass is 188 g/mol. The molecule has 0 rings (SSSR count). The fraction of sp³-hybridized carbons (Fsp3) is 0.500. The minimum Gasteiger partial charge on any atom is -0.459 e. The Morgan fingerprint density at radius 1 is 1.67 bits per heavy atom. The highest BCUT2D eigenvalue weighted by Crippen LogP contribution is 2.06. The third kappa shape index (κ3) is 5.97. The van der Waals surface area contributed by atoms with E-state index in [1.54, 1.807) is 6.92 Å². The van der Waals surface area contributed by atoms with Gasteiger partial charge in [0.2, 0.25) is 0 Å². The Morgan fingerprint density at radius 2 is 2.25 bits per heavy atom. The second kappa shape index (κ2) is 5.83. The van der Waals surface area contributed by atoms with Crippen molar-refractivity contribution in [2.45, 2.75) is 20.0 Å². The summed E-state index contributed by atoms with van der Waals surface area (Å²) in [5, 5.41) is 0.0245. The molecular formula is C8H12O3S. The van der Waals surface area contributed by atoms with Crippen molar-refractivity contribution in [3.8, 4) is 0 Å². The normalized spacial score (nSPS) is 11.8. The average Bonchev–Trinajstić information content (AvgIpc) is 2.00. The van der Waals surface area contributed by atoms with Crippen molar-refractivity contribution >= 4 is 22.8 Å². The number of carbonyl (C=O) groups excluding carboxylic acids is 2. The van der Waals surface area contributed by atoms with Crippen molar-refractivity contribution in [1.29, 1.82) is 0 Å². The molecule has 0 saturated heterocycles. The fourth-order valence-corrected chi connectivity index (χ4v) is 1.05. The Bertz CT molecular complexity index is 189. The van der Waals surface area contributed by atoms with Gasteiger partial charge in [0, 0.05) is 18.8 Å². The Labute approximate surface area is 76.2 Å². The van der Waals surface area contributed by atoms with Gasteiger partial charge < -0.3 is 4.74 Å². The summed E-state index contributed by atoms with van der Waals surface area (Å²) in [5.74, 6) is 0.0428. The Morgan fingerprint density at radius 3 is 2.67 bits per heavy atom. The minimum absolute atomic E-state index is 0.0245. The van der Waals surface area contributed by atoms with E-state index < -0.39 is 5.97 Å². The molecule has 0 fully saturated rings. The van der Waals surface area contributed by atoms with Crippen molar-refractivity contribution in [3.63, 3.8) is 0 Å². The molecule has 0 aliphatic heterocycles. The quantitative estimate of drug-likeness (QED) is 0.494. The van der Waals surface area contributed by atoms with E-state index in [0.29, 0.717) is 5.75 Å². The van der Waals surface area contributed by atoms with Crippen LogP contribution in [0.15, 0.2) is 12.7 Å². The van der Waals surface area contributed by atoms with Crippen LogP contribution in [-0.2, 0) is 14.3 Å². The third-order valence-corrected chi connectivity index (χ3v) is 2.05. The van der Waals surface area contributed by atoms with Crippen molar-refractivity contribution < 1.29 is 14.3 Å². The maximum atomic E-state index is 10.6. The molecule has 0 aromatic heterocycles. The number of thioether (sulfide) groups is 1. The summed E-state index contributed by atoms with van der Waals surface area (Å²) >= 11 is 1.14. The highest BCUT2D eigenvalue weighted by molar-refractivity contribution is 8.13. The summed E-state index contributed by atoms with van der Waals surface area (Å²) in [7, 11) is 0. The molecule has 12 heavy (non-hydrogen) atoms. The molecule has 3 nitrogen and oxygen atoms in total. The van der Waals surface area contributed by atoms with Gasteiger partial charge in [0.1, 0.15) is 6.10 Å². The molecule has 0 spiro atoms. The maximum Gasteiger partial charge on any atom is 0.330 e. The van der Waals surface area contributed by atoms with E-state index in [9.17, 15) is 9.59 Å². The van der Waals surface area contributed by atoms with Gasteiger partial charge in [0.15, 0.2) is 5.12 Å². The summed E-state index contributed by atoms with van der Waals surface area (Å²) in [6.07, 6.45) is 0.860. The Hall–Kier alpha value is -0.770. The largest absolute Gasteiger partial charge is 0.459 e. The highest BCUT2D eigenvalue weighted by atomic mass is 32.2. The van der Waals surface area contributed by atoms with E-state index in [-0.39, 0.29) is 11.2 Å². The zero-order valence-electron chi connectivity index (χ0n) is 7.20. The lowest BCUT2D eigenvalue weighted by Crippen LogP contribution is -2.15. The van der Waals surface area contributed by atoms with E-state index in [1.807, 2.05) is 0 Å². The number of hydrogen-bond donors (Lipinski definition) is 0. The molecule has 4 heteroatoms. The standard InChI is InChI=1S/C8H12O3S/c1-4-8(10)11-6(2)5-12-7(3)9/h4,6H,1,5H2,2-3H3. The molecular weight excluding hydrogens is 176 g/mol. The van der Waals surface area contributed by atoms with E-state index >= 15 is 0 Å². The lowest BCUT2D eigenvalue weighted by molar-refractivity contribution is -0.141. The molecule has 1 atom stereocenters. The molecule has 68 valence electrons. The van der Waals surface area contributed by atoms with Crippen LogP contribution in [0.25, 0.3) is 0 Å². The number of esters is 1. The van der Waals surface area contributed by atoms with Crippen LogP contribution in [0.5, 0.6) is 0 Å². The van der Waals surface area contributed by atoms with E-state index in [0.717, 1.165) is 17.8 Å². The Balaban J connectivity index is 3.59. The third-order valence-electron chi connectivity index (χ3n) is 1.01. The van der Waals surface area contributed by atoms with Crippen LogP contribution >= 0.6 is 11.8 Å². The van der Waals surface area contributed by atoms with E-state index in [2.05, 4.69) is 6.58 Å². The molecule has 0 N–H and O–H groups in total. The number of hydrogen-bond acceptors (Lipinski definition) is 4. The summed E-state index contributed by atoms with van der Waals surface area (Å²) in [6.45, 7) is 6.47. The highest BCUT2D eigenvalue weighted by Gasteiger charge is 2.07. The van der Waals surface area contributed by atoms with Crippen LogP contribution in [0, 0.1) is 0 Å². The van der Waals surface area contributed by atoms with Gasteiger partial charge in [-0.25, -0.2) is 4.79 Å². The summed E-state index contributed by atoms with van der Waals surface area (Å²) in [5.41, 5.74) is 0. The smallest absolute Gasteiger partial charge is 0.330 e. The zero-order chi connectivity index (χ0) is 9.56. The average molecular weight is 188 g/mol. The van der Waals surface area contributed by atoms with Gasteiger partial charge >= 0.3 is 5.97 Å². The van der Waals surface area contributed by atoms with E-state index in [4.69, 9.17) is 4.74 Å². The molecule has 0 saturated carbocycles. The first-order chi connectivity index (χ1) is 5.56. The SMILES string of the molecule is C=CC(=O)OC(C)CSC(C)=O. The predicted octanol–water partition coefficient (Wildman–Crippen LogP) is 1.38. The van der Waals surface area contributed by atoms with Gasteiger partial charge in [-0.3, -0.25) is 4.79 Å². The number of carbonyl (C=O) groups is 2. The molecule has 0 aliphatic rings. The molecule has 1 unspecified atom stereocenters. The van der Waals surface area contributed by atoms with Gasteiger partial charge in [-0.15, -0.1) is 0 Å². The van der Waals surface area contributed by atoms with Crippen LogP contribution in [-0.4, -0.2) is 22.9 Å². The molecule has 0 aromatic carbocycles. The van der Waals surface area contributed by atoms with Gasteiger partial charge in [0.25, 0.3) is 0 Å². The number of ether oxygens (including phenoxy) is 1. The topological polar surface area (TPSA) is 43.4 Å². The summed E-state index contributed by atoms with van der Waals surface area (Å²) < 4.78 is 4.82. The van der Waals surface area contributed by atoms with Gasteiger partial charge in [-0.1, -0.05) is 18.3 Å². The summed E-state index contributed by atoms with van der Waals surface area (Å²) in [4.78, 5) is 21.1. The first-order valence-electron chi connectivity index (χ1n) is 3.52. The molecule has 0 amide bonds. The molecule has 0 bridgehead atoms. The molecule has 0 radical (unpaired) electrons. The van der Waals surface area contributed by atoms with E-state index in [1.165, 1.54) is 6.92 Å². The predicted molar refractivity (Wildman–Crippen MR) is 48.9 cm³/mol. The van der Waals surface area contributed by atoms with Crippen LogP contribution in [0.4, 0.5) is 0 Å². The first-order valence-corrected chi connectivity index (χ1v) is 4.51. The van der Waals surface area contributed by atoms with Gasteiger partial charge in [0.05, 0.1) is 0 Å². The van der Waals surface area contributed by atoms with Crippen molar-refractivity contribution in [2.24, 2.45) is 0 Å². The van der Waals surface area contributed by atoms with Crippen LogP contribution in [0.2, 0.25) is 0 Å². The van der Waals surface area contributed by atoms with Crippen LogP contribution in [0.1, 0.15) is 13.8 Å². The van der Waals surface area contributed by atoms with Crippen molar-refractivity contribution in [3.05, 3.63) is 12.7 Å². The minimum atomic E-state index is -0.452. The summed E-state index contributed by atoms with van der Waals surface area (Å²) in [6, 6.07) is 0. The lowest BCUT2D eigenvalue weighted by Gasteiger charge is -2.09. The molecule has 0 heterocycles. The van der Waals surface area contributed by atoms with Crippen LogP contribution in [0.3, 0.4) is 0 Å². The maximum absolute atomic E-state index is 10.6. The lowest BCUT2D eigenvalue weighted by atomic mass is 10.5. The second-order valence-corrected chi connectivity index (χ2v) is 3.45. The molecule has 0 aliphatic carbocycles. The Kier molecular flexibility index (Phi) is 5.45.